The van der Waals surface area contributed by atoms with Gasteiger partial charge in [0.1, 0.15) is 30.2 Å². The van der Waals surface area contributed by atoms with Gasteiger partial charge in [-0.1, -0.05) is 42.5 Å². The molecule has 128 valence electrons. The van der Waals surface area contributed by atoms with E-state index in [1.165, 1.54) is 0 Å². The first kappa shape index (κ1) is 16.9. The lowest BCUT2D eigenvalue weighted by Gasteiger charge is -2.39. The van der Waals surface area contributed by atoms with Crippen molar-refractivity contribution in [3.63, 3.8) is 0 Å². The Bertz CT molecular complexity index is 660. The first-order valence-electron chi connectivity index (χ1n) is 7.73. The maximum atomic E-state index is 10.0. The van der Waals surface area contributed by atoms with Crippen LogP contribution in [0.3, 0.4) is 0 Å². The van der Waals surface area contributed by atoms with Gasteiger partial charge in [0.2, 0.25) is 6.29 Å². The molecule has 0 spiro atoms. The monoisotopic (exact) mass is 332 g/mol. The van der Waals surface area contributed by atoms with E-state index in [0.29, 0.717) is 5.75 Å². The molecule has 2 aromatic rings. The second kappa shape index (κ2) is 7.29. The number of aliphatic hydroxyl groups excluding tert-OH is 4. The maximum Gasteiger partial charge on any atom is 0.229 e. The van der Waals surface area contributed by atoms with Crippen molar-refractivity contribution >= 4 is 0 Å². The fourth-order valence-electron chi connectivity index (χ4n) is 2.68. The van der Waals surface area contributed by atoms with E-state index in [1.807, 2.05) is 42.5 Å². The fraction of sp³-hybridized carbons (Fsp3) is 0.333. The largest absolute Gasteiger partial charge is 0.462 e. The van der Waals surface area contributed by atoms with E-state index in [2.05, 4.69) is 0 Å². The molecule has 0 aliphatic carbocycles. The summed E-state index contributed by atoms with van der Waals surface area (Å²) >= 11 is 0. The summed E-state index contributed by atoms with van der Waals surface area (Å²) < 4.78 is 11.0. The zero-order valence-electron chi connectivity index (χ0n) is 12.9. The lowest BCUT2D eigenvalue weighted by molar-refractivity contribution is -0.277. The third kappa shape index (κ3) is 3.43. The van der Waals surface area contributed by atoms with E-state index in [9.17, 15) is 20.4 Å². The standard InChI is InChI=1S/C18H20O6/c19-10-14-15(20)16(21)17(22)18(24-14)23-13-8-4-7-12(9-13)11-5-2-1-3-6-11/h1-9,14-22H,10H2/t14-,15+,16+,17-,18+/m1/s1. The Morgan fingerprint density at radius 1 is 0.833 bits per heavy atom. The Morgan fingerprint density at radius 2 is 1.54 bits per heavy atom. The Hall–Kier alpha value is -1.96. The average molecular weight is 332 g/mol. The average Bonchev–Trinajstić information content (AvgIpc) is 2.63. The molecule has 3 rings (SSSR count). The lowest BCUT2D eigenvalue weighted by atomic mass is 9.99. The molecule has 1 saturated heterocycles. The minimum absolute atomic E-state index is 0.445. The second-order valence-electron chi connectivity index (χ2n) is 5.71. The first-order valence-corrected chi connectivity index (χ1v) is 7.73. The minimum atomic E-state index is -1.46. The summed E-state index contributed by atoms with van der Waals surface area (Å²) in [4.78, 5) is 0. The maximum absolute atomic E-state index is 10.0. The van der Waals surface area contributed by atoms with E-state index in [4.69, 9.17) is 9.47 Å². The molecule has 24 heavy (non-hydrogen) atoms. The zero-order valence-corrected chi connectivity index (χ0v) is 12.9. The molecule has 4 N–H and O–H groups in total. The molecule has 0 radical (unpaired) electrons. The lowest BCUT2D eigenvalue weighted by Crippen LogP contribution is -2.60. The van der Waals surface area contributed by atoms with Crippen LogP contribution in [-0.2, 0) is 4.74 Å². The highest BCUT2D eigenvalue weighted by Gasteiger charge is 2.44. The minimum Gasteiger partial charge on any atom is -0.462 e. The molecular formula is C18H20O6. The summed E-state index contributed by atoms with van der Waals surface area (Å²) in [6.45, 7) is -0.491. The van der Waals surface area contributed by atoms with Crippen LogP contribution in [0.25, 0.3) is 11.1 Å². The van der Waals surface area contributed by atoms with Gasteiger partial charge in [0.25, 0.3) is 0 Å². The first-order chi connectivity index (χ1) is 11.6. The molecule has 0 bridgehead atoms. The molecule has 0 saturated carbocycles. The molecule has 1 aliphatic heterocycles. The number of benzene rings is 2. The van der Waals surface area contributed by atoms with Gasteiger partial charge in [-0.15, -0.1) is 0 Å². The summed E-state index contributed by atoms with van der Waals surface area (Å²) in [5.74, 6) is 0.445. The Kier molecular flexibility index (Phi) is 5.13. The molecule has 1 heterocycles. The Labute approximate surface area is 139 Å². The van der Waals surface area contributed by atoms with E-state index < -0.39 is 37.3 Å². The van der Waals surface area contributed by atoms with Crippen LogP contribution in [-0.4, -0.2) is 57.7 Å². The van der Waals surface area contributed by atoms with Crippen molar-refractivity contribution in [1.82, 2.24) is 0 Å². The summed E-state index contributed by atoms with van der Waals surface area (Å²) in [6.07, 6.45) is -6.47. The number of aliphatic hydroxyl groups is 4. The van der Waals surface area contributed by atoms with Crippen LogP contribution in [0.1, 0.15) is 0 Å². The van der Waals surface area contributed by atoms with Crippen molar-refractivity contribution < 1.29 is 29.9 Å². The van der Waals surface area contributed by atoms with Crippen molar-refractivity contribution in [1.29, 1.82) is 0 Å². The van der Waals surface area contributed by atoms with Gasteiger partial charge >= 0.3 is 0 Å². The van der Waals surface area contributed by atoms with E-state index >= 15 is 0 Å². The van der Waals surface area contributed by atoms with Crippen LogP contribution < -0.4 is 4.74 Å². The Morgan fingerprint density at radius 3 is 2.25 bits per heavy atom. The SMILES string of the molecule is OC[C@H]1O[C@H](Oc2cccc(-c3ccccc3)c2)[C@H](O)[C@@H](O)[C@H]1O. The molecule has 2 aromatic carbocycles. The number of rotatable bonds is 4. The molecule has 1 aliphatic rings. The smallest absolute Gasteiger partial charge is 0.229 e. The topological polar surface area (TPSA) is 99.4 Å². The van der Waals surface area contributed by atoms with Crippen molar-refractivity contribution in [2.24, 2.45) is 0 Å². The molecule has 0 aromatic heterocycles. The summed E-state index contributed by atoms with van der Waals surface area (Å²) in [7, 11) is 0. The predicted octanol–water partition coefficient (Wildman–Crippen LogP) is 0.532. The van der Waals surface area contributed by atoms with Gasteiger partial charge in [-0.3, -0.25) is 0 Å². The summed E-state index contributed by atoms with van der Waals surface area (Å²) in [6, 6.07) is 16.9. The fourth-order valence-corrected chi connectivity index (χ4v) is 2.68. The van der Waals surface area contributed by atoms with Gasteiger partial charge in [0.05, 0.1) is 6.61 Å². The van der Waals surface area contributed by atoms with Crippen molar-refractivity contribution in [2.45, 2.75) is 30.7 Å². The quantitative estimate of drug-likeness (QED) is 0.652. The highest BCUT2D eigenvalue weighted by Crippen LogP contribution is 2.27. The number of ether oxygens (including phenoxy) is 2. The normalized spacial score (nSPS) is 30.1. The second-order valence-corrected chi connectivity index (χ2v) is 5.71. The van der Waals surface area contributed by atoms with Crippen LogP contribution in [0, 0.1) is 0 Å². The predicted molar refractivity (Wildman–Crippen MR) is 86.3 cm³/mol. The Balaban J connectivity index is 1.78. The highest BCUT2D eigenvalue weighted by molar-refractivity contribution is 5.64. The van der Waals surface area contributed by atoms with Crippen LogP contribution >= 0.6 is 0 Å². The highest BCUT2D eigenvalue weighted by atomic mass is 16.7. The third-order valence-corrected chi connectivity index (χ3v) is 4.04. The summed E-state index contributed by atoms with van der Waals surface area (Å²) in [5, 5.41) is 38.8. The number of hydrogen-bond donors (Lipinski definition) is 4. The van der Waals surface area contributed by atoms with Crippen molar-refractivity contribution in [3.05, 3.63) is 54.6 Å². The van der Waals surface area contributed by atoms with Gasteiger partial charge in [0, 0.05) is 0 Å². The molecule has 6 heteroatoms. The molecule has 5 atom stereocenters. The van der Waals surface area contributed by atoms with Gasteiger partial charge in [-0.2, -0.15) is 0 Å². The van der Waals surface area contributed by atoms with Gasteiger partial charge in [0.15, 0.2) is 0 Å². The molecular weight excluding hydrogens is 312 g/mol. The van der Waals surface area contributed by atoms with Crippen LogP contribution in [0.4, 0.5) is 0 Å². The number of hydrogen-bond acceptors (Lipinski definition) is 6. The zero-order chi connectivity index (χ0) is 17.1. The van der Waals surface area contributed by atoms with Crippen LogP contribution in [0.5, 0.6) is 5.75 Å². The van der Waals surface area contributed by atoms with Crippen molar-refractivity contribution in [2.75, 3.05) is 6.61 Å². The van der Waals surface area contributed by atoms with E-state index in [1.54, 1.807) is 12.1 Å². The third-order valence-electron chi connectivity index (χ3n) is 4.04. The van der Waals surface area contributed by atoms with Crippen molar-refractivity contribution in [3.8, 4) is 16.9 Å². The molecule has 6 nitrogen and oxygen atoms in total. The molecule has 1 fully saturated rings. The molecule has 0 amide bonds. The van der Waals surface area contributed by atoms with Crippen LogP contribution in [0.15, 0.2) is 54.6 Å². The molecule has 0 unspecified atom stereocenters. The van der Waals surface area contributed by atoms with Gasteiger partial charge < -0.3 is 29.9 Å². The van der Waals surface area contributed by atoms with E-state index in [-0.39, 0.29) is 0 Å². The van der Waals surface area contributed by atoms with Gasteiger partial charge in [-0.05, 0) is 23.3 Å². The van der Waals surface area contributed by atoms with Crippen LogP contribution in [0.2, 0.25) is 0 Å². The summed E-state index contributed by atoms with van der Waals surface area (Å²) in [5.41, 5.74) is 1.94. The van der Waals surface area contributed by atoms with E-state index in [0.717, 1.165) is 11.1 Å². The van der Waals surface area contributed by atoms with Gasteiger partial charge in [-0.25, -0.2) is 0 Å².